The summed E-state index contributed by atoms with van der Waals surface area (Å²) in [6.07, 6.45) is -0.399. The van der Waals surface area contributed by atoms with Crippen molar-refractivity contribution in [1.82, 2.24) is 13.6 Å². The standard InChI is InChI=1S/C12H18FN3O3S2/c1-19-12-5-11(20-14-12)8-21(17,18)16-3-2-15-6-9(13)4-10(15)7-16/h5,9-10H,2-4,6-8H2,1H3/t9-,10-/m0/s1. The van der Waals surface area contributed by atoms with Gasteiger partial charge in [0.1, 0.15) is 11.9 Å². The number of halogens is 1. The lowest BCUT2D eigenvalue weighted by atomic mass is 10.2. The lowest BCUT2D eigenvalue weighted by Gasteiger charge is -2.36. The van der Waals surface area contributed by atoms with E-state index in [9.17, 15) is 12.8 Å². The molecular weight excluding hydrogens is 317 g/mol. The van der Waals surface area contributed by atoms with Crippen LogP contribution in [0, 0.1) is 0 Å². The molecule has 2 saturated heterocycles. The van der Waals surface area contributed by atoms with Gasteiger partial charge < -0.3 is 4.74 Å². The van der Waals surface area contributed by atoms with Gasteiger partial charge >= 0.3 is 0 Å². The Balaban J connectivity index is 1.67. The van der Waals surface area contributed by atoms with Gasteiger partial charge in [-0.25, -0.2) is 12.8 Å². The summed E-state index contributed by atoms with van der Waals surface area (Å²) >= 11 is 1.13. The minimum absolute atomic E-state index is 0.0134. The summed E-state index contributed by atoms with van der Waals surface area (Å²) in [6, 6.07) is 1.66. The third kappa shape index (κ3) is 3.20. The molecule has 0 saturated carbocycles. The molecule has 0 aromatic carbocycles. The van der Waals surface area contributed by atoms with Crippen LogP contribution in [0.15, 0.2) is 6.07 Å². The molecule has 1 aromatic rings. The van der Waals surface area contributed by atoms with E-state index in [1.54, 1.807) is 6.07 Å². The van der Waals surface area contributed by atoms with Gasteiger partial charge in [0.05, 0.1) is 7.11 Å². The Morgan fingerprint density at radius 2 is 2.29 bits per heavy atom. The van der Waals surface area contributed by atoms with Crippen molar-refractivity contribution in [3.05, 3.63) is 10.9 Å². The predicted octanol–water partition coefficient (Wildman–Crippen LogP) is 0.709. The zero-order valence-electron chi connectivity index (χ0n) is 11.7. The smallest absolute Gasteiger partial charge is 0.225 e. The van der Waals surface area contributed by atoms with Gasteiger partial charge in [-0.05, 0) is 18.0 Å². The number of methoxy groups -OCH3 is 1. The van der Waals surface area contributed by atoms with Crippen LogP contribution in [0.25, 0.3) is 0 Å². The number of fused-ring (bicyclic) bond motifs is 1. The van der Waals surface area contributed by atoms with Crippen LogP contribution in [0.1, 0.15) is 11.3 Å². The summed E-state index contributed by atoms with van der Waals surface area (Å²) in [4.78, 5) is 2.70. The molecule has 21 heavy (non-hydrogen) atoms. The zero-order chi connectivity index (χ0) is 15.0. The first-order chi connectivity index (χ1) is 9.98. The van der Waals surface area contributed by atoms with Crippen LogP contribution in [-0.4, -0.2) is 67.5 Å². The maximum atomic E-state index is 13.4. The Morgan fingerprint density at radius 1 is 1.48 bits per heavy atom. The van der Waals surface area contributed by atoms with Gasteiger partial charge in [-0.2, -0.15) is 8.68 Å². The molecule has 0 radical (unpaired) electrons. The summed E-state index contributed by atoms with van der Waals surface area (Å²) in [5.74, 6) is 0.367. The number of rotatable bonds is 4. The van der Waals surface area contributed by atoms with Crippen LogP contribution < -0.4 is 4.74 Å². The van der Waals surface area contributed by atoms with E-state index in [2.05, 4.69) is 4.37 Å². The van der Waals surface area contributed by atoms with E-state index in [0.29, 0.717) is 43.4 Å². The van der Waals surface area contributed by atoms with Crippen LogP contribution in [0.3, 0.4) is 0 Å². The Bertz CT molecular complexity index is 607. The van der Waals surface area contributed by atoms with E-state index in [-0.39, 0.29) is 11.8 Å². The number of alkyl halides is 1. The second-order valence-corrected chi connectivity index (χ2v) is 8.29. The molecule has 0 bridgehead atoms. The maximum absolute atomic E-state index is 13.4. The van der Waals surface area contributed by atoms with Crippen LogP contribution in [0.5, 0.6) is 5.88 Å². The molecule has 2 fully saturated rings. The average molecular weight is 335 g/mol. The van der Waals surface area contributed by atoms with E-state index in [1.165, 1.54) is 11.4 Å². The molecule has 0 N–H and O–H groups in total. The van der Waals surface area contributed by atoms with E-state index >= 15 is 0 Å². The van der Waals surface area contributed by atoms with Crippen molar-refractivity contribution in [3.63, 3.8) is 0 Å². The fraction of sp³-hybridized carbons (Fsp3) is 0.750. The highest BCUT2D eigenvalue weighted by molar-refractivity contribution is 7.88. The first-order valence-corrected chi connectivity index (χ1v) is 9.22. The summed E-state index contributed by atoms with van der Waals surface area (Å²) in [5.41, 5.74) is 0. The number of piperazine rings is 1. The van der Waals surface area contributed by atoms with E-state index in [4.69, 9.17) is 4.74 Å². The Labute approximate surface area is 127 Å². The number of hydrogen-bond donors (Lipinski definition) is 0. The molecule has 0 unspecified atom stereocenters. The van der Waals surface area contributed by atoms with Gasteiger partial charge in [0.25, 0.3) is 0 Å². The minimum Gasteiger partial charge on any atom is -0.480 e. The highest BCUT2D eigenvalue weighted by Gasteiger charge is 2.39. The highest BCUT2D eigenvalue weighted by atomic mass is 32.2. The SMILES string of the molecule is COc1cc(CS(=O)(=O)N2CCN3C[C@@H](F)C[C@H]3C2)sn1. The van der Waals surface area contributed by atoms with Gasteiger partial charge in [0.2, 0.25) is 15.9 Å². The Kier molecular flexibility index (Phi) is 4.17. The van der Waals surface area contributed by atoms with Crippen molar-refractivity contribution in [1.29, 1.82) is 0 Å². The van der Waals surface area contributed by atoms with Gasteiger partial charge in [0, 0.05) is 43.2 Å². The fourth-order valence-corrected chi connectivity index (χ4v) is 5.46. The molecule has 3 rings (SSSR count). The van der Waals surface area contributed by atoms with Crippen LogP contribution >= 0.6 is 11.5 Å². The molecule has 9 heteroatoms. The summed E-state index contributed by atoms with van der Waals surface area (Å²) in [5, 5.41) is 0. The van der Waals surface area contributed by atoms with Crippen LogP contribution in [0.2, 0.25) is 0 Å². The second-order valence-electron chi connectivity index (χ2n) is 5.43. The van der Waals surface area contributed by atoms with Crippen molar-refractivity contribution in [3.8, 4) is 5.88 Å². The van der Waals surface area contributed by atoms with E-state index in [0.717, 1.165) is 11.5 Å². The molecule has 2 aliphatic rings. The molecule has 0 spiro atoms. The van der Waals surface area contributed by atoms with Crippen molar-refractivity contribution in [2.24, 2.45) is 0 Å². The highest BCUT2D eigenvalue weighted by Crippen LogP contribution is 2.27. The second kappa shape index (κ2) is 5.79. The number of nitrogens with zero attached hydrogens (tertiary/aromatic N) is 3. The zero-order valence-corrected chi connectivity index (χ0v) is 13.4. The number of ether oxygens (including phenoxy) is 1. The topological polar surface area (TPSA) is 62.7 Å². The average Bonchev–Trinajstić information content (AvgIpc) is 3.02. The van der Waals surface area contributed by atoms with E-state index < -0.39 is 16.2 Å². The molecule has 2 atom stereocenters. The third-order valence-corrected chi connectivity index (χ3v) is 6.74. The largest absolute Gasteiger partial charge is 0.480 e. The van der Waals surface area contributed by atoms with Crippen LogP contribution in [-0.2, 0) is 15.8 Å². The summed E-state index contributed by atoms with van der Waals surface area (Å²) in [6.45, 7) is 1.86. The van der Waals surface area contributed by atoms with Crippen LogP contribution in [0.4, 0.5) is 4.39 Å². The first kappa shape index (κ1) is 15.1. The first-order valence-electron chi connectivity index (χ1n) is 6.83. The van der Waals surface area contributed by atoms with Gasteiger partial charge in [-0.1, -0.05) is 0 Å². The monoisotopic (exact) mass is 335 g/mol. The molecule has 118 valence electrons. The molecule has 3 heterocycles. The van der Waals surface area contributed by atoms with Gasteiger partial charge in [0.15, 0.2) is 0 Å². The molecular formula is C12H18FN3O3S2. The normalized spacial score (nSPS) is 27.7. The number of hydrogen-bond acceptors (Lipinski definition) is 6. The summed E-state index contributed by atoms with van der Waals surface area (Å²) < 4.78 is 48.8. The molecule has 0 aliphatic carbocycles. The van der Waals surface area contributed by atoms with E-state index in [1.807, 2.05) is 4.90 Å². The van der Waals surface area contributed by atoms with Gasteiger partial charge in [-0.3, -0.25) is 4.90 Å². The lowest BCUT2D eigenvalue weighted by Crippen LogP contribution is -2.52. The predicted molar refractivity (Wildman–Crippen MR) is 77.7 cm³/mol. The van der Waals surface area contributed by atoms with Crippen molar-refractivity contribution < 1.29 is 17.5 Å². The van der Waals surface area contributed by atoms with Gasteiger partial charge in [-0.15, -0.1) is 0 Å². The lowest BCUT2D eigenvalue weighted by molar-refractivity contribution is 0.156. The molecule has 6 nitrogen and oxygen atoms in total. The fourth-order valence-electron chi connectivity index (χ4n) is 2.93. The van der Waals surface area contributed by atoms with Crippen molar-refractivity contribution >= 4 is 21.6 Å². The molecule has 2 aliphatic heterocycles. The molecule has 1 aromatic heterocycles. The van der Waals surface area contributed by atoms with Crippen molar-refractivity contribution in [2.45, 2.75) is 24.4 Å². The molecule has 0 amide bonds. The Hall–Kier alpha value is -0.770. The minimum atomic E-state index is -3.39. The summed E-state index contributed by atoms with van der Waals surface area (Å²) in [7, 11) is -1.89. The Morgan fingerprint density at radius 3 is 3.00 bits per heavy atom. The van der Waals surface area contributed by atoms with Crippen molar-refractivity contribution in [2.75, 3.05) is 33.3 Å². The number of aromatic nitrogens is 1. The third-order valence-electron chi connectivity index (χ3n) is 3.99. The maximum Gasteiger partial charge on any atom is 0.225 e. The quantitative estimate of drug-likeness (QED) is 0.811. The number of sulfonamides is 1.